The first kappa shape index (κ1) is 21.0. The summed E-state index contributed by atoms with van der Waals surface area (Å²) in [5.74, 6) is -0.700. The van der Waals surface area contributed by atoms with Gasteiger partial charge in [-0.2, -0.15) is 0 Å². The van der Waals surface area contributed by atoms with Crippen molar-refractivity contribution in [2.24, 2.45) is 5.11 Å². The number of aryl methyl sites for hydroxylation is 1. The van der Waals surface area contributed by atoms with Gasteiger partial charge in [0.2, 0.25) is 0 Å². The van der Waals surface area contributed by atoms with Crippen LogP contribution in [0.25, 0.3) is 10.4 Å². The lowest BCUT2D eigenvalue weighted by Gasteiger charge is -2.40. The van der Waals surface area contributed by atoms with Crippen LogP contribution in [-0.2, 0) is 30.3 Å². The average molecular weight is 391 g/mol. The van der Waals surface area contributed by atoms with Gasteiger partial charge in [-0.05, 0) is 45.2 Å². The second-order valence-corrected chi connectivity index (χ2v) is 7.71. The van der Waals surface area contributed by atoms with Crippen molar-refractivity contribution in [2.45, 2.75) is 77.2 Å². The van der Waals surface area contributed by atoms with E-state index in [1.54, 1.807) is 0 Å². The summed E-state index contributed by atoms with van der Waals surface area (Å²) in [6, 6.07) is 8.21. The molecule has 2 saturated heterocycles. The van der Waals surface area contributed by atoms with Gasteiger partial charge in [-0.25, -0.2) is 0 Å². The average Bonchev–Trinajstić information content (AvgIpc) is 2.98. The third-order valence-corrected chi connectivity index (χ3v) is 4.88. The Bertz CT molecular complexity index is 690. The molecule has 154 valence electrons. The summed E-state index contributed by atoms with van der Waals surface area (Å²) in [5, 5.41) is 3.53. The zero-order valence-electron chi connectivity index (χ0n) is 16.9. The maximum absolute atomic E-state index is 8.38. The van der Waals surface area contributed by atoms with Crippen molar-refractivity contribution >= 4 is 0 Å². The van der Waals surface area contributed by atoms with Gasteiger partial charge in [0.15, 0.2) is 12.1 Å². The summed E-state index contributed by atoms with van der Waals surface area (Å²) < 4.78 is 30.4. The van der Waals surface area contributed by atoms with E-state index in [4.69, 9.17) is 29.2 Å². The van der Waals surface area contributed by atoms with Crippen LogP contribution in [0.3, 0.4) is 0 Å². The molecule has 0 N–H and O–H groups in total. The number of ether oxygens (including phenoxy) is 5. The molecule has 0 radical (unpaired) electrons. The summed E-state index contributed by atoms with van der Waals surface area (Å²) in [4.78, 5) is 2.75. The van der Waals surface area contributed by atoms with Crippen LogP contribution >= 0.6 is 0 Å². The highest BCUT2D eigenvalue weighted by Gasteiger charge is 2.54. The Morgan fingerprint density at radius 2 is 1.86 bits per heavy atom. The van der Waals surface area contributed by atoms with E-state index in [1.807, 2.05) is 32.9 Å². The minimum atomic E-state index is -0.700. The molecule has 2 heterocycles. The van der Waals surface area contributed by atoms with E-state index in [2.05, 4.69) is 29.1 Å². The Morgan fingerprint density at radius 1 is 1.14 bits per heavy atom. The van der Waals surface area contributed by atoms with Crippen LogP contribution in [0.2, 0.25) is 0 Å². The lowest BCUT2D eigenvalue weighted by atomic mass is 9.99. The van der Waals surface area contributed by atoms with E-state index >= 15 is 0 Å². The van der Waals surface area contributed by atoms with E-state index in [-0.39, 0.29) is 18.3 Å². The van der Waals surface area contributed by atoms with E-state index in [0.29, 0.717) is 26.2 Å². The van der Waals surface area contributed by atoms with Crippen LogP contribution in [0.4, 0.5) is 0 Å². The molecule has 1 aromatic rings. The van der Waals surface area contributed by atoms with Crippen molar-refractivity contribution in [2.75, 3.05) is 13.2 Å². The largest absolute Gasteiger partial charge is 0.365 e. The fourth-order valence-corrected chi connectivity index (χ4v) is 3.52. The number of nitrogens with zero attached hydrogens (tertiary/aromatic N) is 3. The van der Waals surface area contributed by atoms with Crippen molar-refractivity contribution in [1.29, 1.82) is 0 Å². The fraction of sp³-hybridized carbons (Fsp3) is 0.700. The Morgan fingerprint density at radius 3 is 2.57 bits per heavy atom. The highest BCUT2D eigenvalue weighted by atomic mass is 16.8. The van der Waals surface area contributed by atoms with Crippen LogP contribution in [0, 0.1) is 6.92 Å². The lowest BCUT2D eigenvalue weighted by molar-refractivity contribution is -0.286. The number of rotatable bonds is 8. The highest BCUT2D eigenvalue weighted by molar-refractivity contribution is 5.20. The Kier molecular flexibility index (Phi) is 6.93. The van der Waals surface area contributed by atoms with Crippen molar-refractivity contribution < 1.29 is 23.7 Å². The maximum Gasteiger partial charge on any atom is 0.186 e. The van der Waals surface area contributed by atoms with Crippen LogP contribution < -0.4 is 0 Å². The van der Waals surface area contributed by atoms with Crippen molar-refractivity contribution in [1.82, 2.24) is 0 Å². The Balaban J connectivity index is 1.68. The Labute approximate surface area is 165 Å². The molecule has 8 heteroatoms. The van der Waals surface area contributed by atoms with Crippen LogP contribution in [0.1, 0.15) is 38.3 Å². The lowest BCUT2D eigenvalue weighted by Crippen LogP contribution is -2.57. The minimum Gasteiger partial charge on any atom is -0.365 e. The standard InChI is InChI=1S/C20H29N3O5/c1-13-6-8-15(9-7-13)12-25-18-17-16(27-20(3,4)28-17)14(2)26-19(18)24-11-5-10-22-23-21/h6-9,14,16-19H,5,10-12H2,1-4H3/t14-,16+,17+,18-,19+/m0/s1. The van der Waals surface area contributed by atoms with Gasteiger partial charge >= 0.3 is 0 Å². The predicted molar refractivity (Wildman–Crippen MR) is 102 cm³/mol. The molecular formula is C20H29N3O5. The van der Waals surface area contributed by atoms with Crippen LogP contribution in [0.5, 0.6) is 0 Å². The Hall–Kier alpha value is -1.67. The molecule has 28 heavy (non-hydrogen) atoms. The zero-order valence-corrected chi connectivity index (χ0v) is 16.9. The number of hydrogen-bond donors (Lipinski definition) is 0. The molecule has 8 nitrogen and oxygen atoms in total. The van der Waals surface area contributed by atoms with Crippen LogP contribution in [0.15, 0.2) is 29.4 Å². The first-order valence-corrected chi connectivity index (χ1v) is 9.70. The molecule has 5 atom stereocenters. The molecule has 0 saturated carbocycles. The normalized spacial score (nSPS) is 31.2. The predicted octanol–water partition coefficient (Wildman–Crippen LogP) is 3.86. The molecule has 2 fully saturated rings. The molecule has 2 aliphatic heterocycles. The molecule has 0 aromatic heterocycles. The number of hydrogen-bond acceptors (Lipinski definition) is 6. The van der Waals surface area contributed by atoms with Gasteiger partial charge in [-0.15, -0.1) is 0 Å². The van der Waals surface area contributed by atoms with Crippen molar-refractivity contribution in [3.63, 3.8) is 0 Å². The van der Waals surface area contributed by atoms with Gasteiger partial charge in [-0.1, -0.05) is 34.9 Å². The van der Waals surface area contributed by atoms with E-state index < -0.39 is 18.2 Å². The number of fused-ring (bicyclic) bond motifs is 1. The van der Waals surface area contributed by atoms with E-state index in [1.165, 1.54) is 5.56 Å². The smallest absolute Gasteiger partial charge is 0.186 e. The molecule has 0 unspecified atom stereocenters. The maximum atomic E-state index is 8.38. The third-order valence-electron chi connectivity index (χ3n) is 4.88. The molecule has 0 aliphatic carbocycles. The fourth-order valence-electron chi connectivity index (χ4n) is 3.52. The first-order chi connectivity index (χ1) is 13.4. The summed E-state index contributed by atoms with van der Waals surface area (Å²) >= 11 is 0. The van der Waals surface area contributed by atoms with Crippen LogP contribution in [-0.4, -0.2) is 49.6 Å². The topological polar surface area (TPSA) is 94.9 Å². The minimum absolute atomic E-state index is 0.187. The molecule has 1 aromatic carbocycles. The molecule has 0 amide bonds. The van der Waals surface area contributed by atoms with Gasteiger partial charge in [0.25, 0.3) is 0 Å². The number of azide groups is 1. The summed E-state index contributed by atoms with van der Waals surface area (Å²) in [7, 11) is 0. The van der Waals surface area contributed by atoms with Crippen molar-refractivity contribution in [3.05, 3.63) is 45.8 Å². The quantitative estimate of drug-likeness (QED) is 0.290. The SMILES string of the molecule is Cc1ccc(CO[C@@H]2[C@H](OCCCN=[N+]=[N-])O[C@@H](C)[C@H]3OC(C)(C)O[C@@H]23)cc1. The summed E-state index contributed by atoms with van der Waals surface area (Å²) in [6.45, 7) is 9.01. The van der Waals surface area contributed by atoms with Gasteiger partial charge in [0.05, 0.1) is 12.7 Å². The zero-order chi connectivity index (χ0) is 20.1. The van der Waals surface area contributed by atoms with Gasteiger partial charge in [0.1, 0.15) is 18.3 Å². The second kappa shape index (κ2) is 9.22. The van der Waals surface area contributed by atoms with E-state index in [9.17, 15) is 0 Å². The second-order valence-electron chi connectivity index (χ2n) is 7.71. The monoisotopic (exact) mass is 391 g/mol. The molecule has 0 spiro atoms. The molecule has 0 bridgehead atoms. The summed E-state index contributed by atoms with van der Waals surface area (Å²) in [6.07, 6.45) is -1.09. The molecule has 3 rings (SSSR count). The number of benzene rings is 1. The molecule has 2 aliphatic rings. The van der Waals surface area contributed by atoms with Crippen molar-refractivity contribution in [3.8, 4) is 0 Å². The first-order valence-electron chi connectivity index (χ1n) is 9.70. The highest BCUT2D eigenvalue weighted by Crippen LogP contribution is 2.39. The van der Waals surface area contributed by atoms with Gasteiger partial charge < -0.3 is 23.7 Å². The third kappa shape index (κ3) is 5.23. The summed E-state index contributed by atoms with van der Waals surface area (Å²) in [5.41, 5.74) is 10.7. The molecular weight excluding hydrogens is 362 g/mol. The van der Waals surface area contributed by atoms with Gasteiger partial charge in [0, 0.05) is 18.1 Å². The van der Waals surface area contributed by atoms with Gasteiger partial charge in [-0.3, -0.25) is 0 Å². The van der Waals surface area contributed by atoms with E-state index in [0.717, 1.165) is 5.56 Å².